The van der Waals surface area contributed by atoms with Crippen LogP contribution in [0.15, 0.2) is 20.9 Å². The van der Waals surface area contributed by atoms with E-state index in [-0.39, 0.29) is 0 Å². The van der Waals surface area contributed by atoms with Crippen molar-refractivity contribution < 1.29 is 0 Å². The molecule has 14 heavy (non-hydrogen) atoms. The second-order valence-electron chi connectivity index (χ2n) is 2.93. The molecule has 0 radical (unpaired) electrons. The van der Waals surface area contributed by atoms with Gasteiger partial charge in [-0.1, -0.05) is 11.8 Å². The molecule has 0 aromatic carbocycles. The number of halogens is 1. The highest BCUT2D eigenvalue weighted by molar-refractivity contribution is 9.10. The van der Waals surface area contributed by atoms with Gasteiger partial charge >= 0.3 is 0 Å². The normalized spacial score (nSPS) is 16.5. The first-order chi connectivity index (χ1) is 6.86. The molecule has 2 rings (SSSR count). The molecule has 0 saturated heterocycles. The zero-order valence-electron chi connectivity index (χ0n) is 7.62. The smallest absolute Gasteiger partial charge is 0.156 e. The van der Waals surface area contributed by atoms with Gasteiger partial charge in [-0.15, -0.1) is 11.3 Å². The average Bonchev–Trinajstić information content (AvgIpc) is 2.63. The topological polar surface area (TPSA) is 24.4 Å². The monoisotopic (exact) mass is 290 g/mol. The first-order valence-electron chi connectivity index (χ1n) is 4.49. The van der Waals surface area contributed by atoms with Crippen LogP contribution in [0.2, 0.25) is 0 Å². The number of nitrogens with zero attached hydrogens (tertiary/aromatic N) is 1. The first-order valence-corrected chi connectivity index (χ1v) is 7.15. The summed E-state index contributed by atoms with van der Waals surface area (Å²) < 4.78 is 1.19. The summed E-state index contributed by atoms with van der Waals surface area (Å²) in [5, 5.41) is 6.55. The van der Waals surface area contributed by atoms with Crippen LogP contribution < -0.4 is 5.32 Å². The Hall–Kier alpha value is -0.000000000000000111. The molecule has 0 amide bonds. The maximum absolute atomic E-state index is 4.42. The van der Waals surface area contributed by atoms with E-state index in [1.165, 1.54) is 21.5 Å². The number of aliphatic imine (C=N–C) groups is 1. The van der Waals surface area contributed by atoms with Crippen LogP contribution in [-0.4, -0.2) is 17.5 Å². The summed E-state index contributed by atoms with van der Waals surface area (Å²) >= 11 is 7.10. The van der Waals surface area contributed by atoms with Crippen molar-refractivity contribution in [2.24, 2.45) is 4.99 Å². The fourth-order valence-corrected chi connectivity index (χ4v) is 3.43. The Morgan fingerprint density at radius 1 is 1.57 bits per heavy atom. The van der Waals surface area contributed by atoms with E-state index in [1.807, 2.05) is 11.8 Å². The third kappa shape index (κ3) is 2.74. The van der Waals surface area contributed by atoms with E-state index in [2.05, 4.69) is 37.7 Å². The Labute approximate surface area is 100 Å². The molecule has 0 bridgehead atoms. The first kappa shape index (κ1) is 10.5. The summed E-state index contributed by atoms with van der Waals surface area (Å²) in [6.45, 7) is 1.85. The molecular formula is C9H11BrN2S2. The van der Waals surface area contributed by atoms with Gasteiger partial charge in [-0.2, -0.15) is 0 Å². The Kier molecular flexibility index (Phi) is 3.89. The third-order valence-electron chi connectivity index (χ3n) is 1.89. The minimum absolute atomic E-state index is 0.879. The van der Waals surface area contributed by atoms with Crippen LogP contribution in [0.5, 0.6) is 0 Å². The van der Waals surface area contributed by atoms with Crippen LogP contribution in [0.25, 0.3) is 0 Å². The van der Waals surface area contributed by atoms with Crippen molar-refractivity contribution in [3.63, 3.8) is 0 Å². The van der Waals surface area contributed by atoms with Gasteiger partial charge in [-0.05, 0) is 33.8 Å². The summed E-state index contributed by atoms with van der Waals surface area (Å²) in [5.74, 6) is 1.19. The van der Waals surface area contributed by atoms with Gasteiger partial charge in [0.25, 0.3) is 0 Å². The van der Waals surface area contributed by atoms with E-state index in [0.717, 1.165) is 18.3 Å². The average molecular weight is 291 g/mol. The van der Waals surface area contributed by atoms with Crippen LogP contribution in [0.1, 0.15) is 11.3 Å². The van der Waals surface area contributed by atoms with Gasteiger partial charge in [-0.25, -0.2) is 0 Å². The van der Waals surface area contributed by atoms with Gasteiger partial charge < -0.3 is 5.32 Å². The van der Waals surface area contributed by atoms with Gasteiger partial charge in [0.2, 0.25) is 0 Å². The Bertz CT molecular complexity index is 335. The molecule has 2 nitrogen and oxygen atoms in total. The predicted octanol–water partition coefficient (Wildman–Crippen LogP) is 3.09. The molecule has 0 fully saturated rings. The van der Waals surface area contributed by atoms with E-state index in [1.54, 1.807) is 11.3 Å². The lowest BCUT2D eigenvalue weighted by Gasteiger charge is -2.12. The molecule has 1 aromatic rings. The predicted molar refractivity (Wildman–Crippen MR) is 68.2 cm³/mol. The van der Waals surface area contributed by atoms with Crippen molar-refractivity contribution in [2.45, 2.75) is 13.0 Å². The van der Waals surface area contributed by atoms with E-state index >= 15 is 0 Å². The lowest BCUT2D eigenvalue weighted by molar-refractivity contribution is 0.887. The zero-order valence-corrected chi connectivity index (χ0v) is 10.8. The quantitative estimate of drug-likeness (QED) is 0.905. The molecule has 0 unspecified atom stereocenters. The molecule has 1 aliphatic rings. The lowest BCUT2D eigenvalue weighted by Crippen LogP contribution is -2.22. The van der Waals surface area contributed by atoms with Crippen molar-refractivity contribution in [1.29, 1.82) is 0 Å². The second-order valence-corrected chi connectivity index (χ2v) is 5.87. The minimum atomic E-state index is 0.879. The Morgan fingerprint density at radius 2 is 2.50 bits per heavy atom. The number of amidine groups is 1. The molecule has 1 aliphatic heterocycles. The molecule has 5 heteroatoms. The van der Waals surface area contributed by atoms with Gasteiger partial charge in [0.15, 0.2) is 5.17 Å². The Balaban J connectivity index is 1.88. The van der Waals surface area contributed by atoms with Crippen LogP contribution in [0, 0.1) is 0 Å². The molecule has 1 aromatic heterocycles. The lowest BCUT2D eigenvalue weighted by atomic mass is 10.5. The van der Waals surface area contributed by atoms with Gasteiger partial charge in [0, 0.05) is 21.6 Å². The molecule has 0 spiro atoms. The molecule has 1 N–H and O–H groups in total. The van der Waals surface area contributed by atoms with Crippen LogP contribution in [-0.2, 0) is 6.54 Å². The molecular weight excluding hydrogens is 280 g/mol. The highest BCUT2D eigenvalue weighted by Crippen LogP contribution is 2.22. The molecule has 76 valence electrons. The molecule has 0 aliphatic carbocycles. The summed E-state index contributed by atoms with van der Waals surface area (Å²) in [7, 11) is 0. The van der Waals surface area contributed by atoms with E-state index in [9.17, 15) is 0 Å². The van der Waals surface area contributed by atoms with Crippen molar-refractivity contribution >= 4 is 44.2 Å². The number of thiophene rings is 1. The maximum Gasteiger partial charge on any atom is 0.156 e. The molecule has 0 atom stereocenters. The molecule has 0 saturated carbocycles. The van der Waals surface area contributed by atoms with Gasteiger partial charge in [0.05, 0.1) is 6.54 Å². The highest BCUT2D eigenvalue weighted by atomic mass is 79.9. The van der Waals surface area contributed by atoms with Crippen molar-refractivity contribution in [1.82, 2.24) is 5.32 Å². The van der Waals surface area contributed by atoms with Crippen molar-refractivity contribution in [3.8, 4) is 0 Å². The summed E-state index contributed by atoms with van der Waals surface area (Å²) in [6, 6.07) is 2.08. The number of hydrogen-bond acceptors (Lipinski definition) is 4. The fraction of sp³-hybridized carbons (Fsp3) is 0.444. The fourth-order valence-electron chi connectivity index (χ4n) is 1.17. The molecule has 2 heterocycles. The SMILES string of the molecule is Brc1ccsc1CNC1=NCCCS1. The number of thioether (sulfide) groups is 1. The highest BCUT2D eigenvalue weighted by Gasteiger charge is 2.06. The van der Waals surface area contributed by atoms with E-state index in [4.69, 9.17) is 0 Å². The van der Waals surface area contributed by atoms with Crippen molar-refractivity contribution in [2.75, 3.05) is 12.3 Å². The Morgan fingerprint density at radius 3 is 3.14 bits per heavy atom. The number of hydrogen-bond donors (Lipinski definition) is 1. The van der Waals surface area contributed by atoms with Crippen LogP contribution in [0.4, 0.5) is 0 Å². The maximum atomic E-state index is 4.42. The number of nitrogens with one attached hydrogen (secondary N) is 1. The zero-order chi connectivity index (χ0) is 9.80. The van der Waals surface area contributed by atoms with E-state index < -0.39 is 0 Å². The van der Waals surface area contributed by atoms with Crippen molar-refractivity contribution in [3.05, 3.63) is 20.8 Å². The minimum Gasteiger partial charge on any atom is -0.360 e. The number of rotatable bonds is 2. The van der Waals surface area contributed by atoms with Crippen LogP contribution >= 0.6 is 39.0 Å². The summed E-state index contributed by atoms with van der Waals surface area (Å²) in [4.78, 5) is 5.75. The van der Waals surface area contributed by atoms with Gasteiger partial charge in [-0.3, -0.25) is 4.99 Å². The largest absolute Gasteiger partial charge is 0.360 e. The van der Waals surface area contributed by atoms with Crippen LogP contribution in [0.3, 0.4) is 0 Å². The van der Waals surface area contributed by atoms with E-state index in [0.29, 0.717) is 0 Å². The summed E-state index contributed by atoms with van der Waals surface area (Å²) in [6.07, 6.45) is 1.21. The third-order valence-corrected chi connectivity index (χ3v) is 4.85. The second kappa shape index (κ2) is 5.19. The summed E-state index contributed by atoms with van der Waals surface area (Å²) in [5.41, 5.74) is 0. The standard InChI is InChI=1S/C9H11BrN2S2/c10-7-2-5-13-8(7)6-12-9-11-3-1-4-14-9/h2,5H,1,3-4,6H2,(H,11,12). The van der Waals surface area contributed by atoms with Gasteiger partial charge in [0.1, 0.15) is 0 Å².